The maximum absolute atomic E-state index is 13.2. The summed E-state index contributed by atoms with van der Waals surface area (Å²) in [5.41, 5.74) is 6.55. The molecular formula is C14H21FN2O. The van der Waals surface area contributed by atoms with E-state index in [1.807, 2.05) is 6.92 Å². The molecule has 0 saturated heterocycles. The SMILES string of the molecule is CCCC(CC)NC(=O)c1cc(N)c(F)cc1C. The summed E-state index contributed by atoms with van der Waals surface area (Å²) >= 11 is 0. The predicted molar refractivity (Wildman–Crippen MR) is 72.0 cm³/mol. The normalized spacial score (nSPS) is 12.2. The summed E-state index contributed by atoms with van der Waals surface area (Å²) in [5, 5.41) is 2.95. The van der Waals surface area contributed by atoms with Crippen LogP contribution in [0.25, 0.3) is 0 Å². The van der Waals surface area contributed by atoms with Crippen LogP contribution in [0.15, 0.2) is 12.1 Å². The molecule has 1 atom stereocenters. The molecule has 1 rings (SSSR count). The van der Waals surface area contributed by atoms with Gasteiger partial charge in [0, 0.05) is 11.6 Å². The number of rotatable bonds is 5. The average Bonchev–Trinajstić information content (AvgIpc) is 2.33. The fourth-order valence-corrected chi connectivity index (χ4v) is 1.92. The highest BCUT2D eigenvalue weighted by Gasteiger charge is 2.15. The monoisotopic (exact) mass is 252 g/mol. The Kier molecular flexibility index (Phi) is 5.13. The van der Waals surface area contributed by atoms with Crippen LogP contribution in [0.4, 0.5) is 10.1 Å². The molecule has 1 amide bonds. The van der Waals surface area contributed by atoms with Gasteiger partial charge in [-0.15, -0.1) is 0 Å². The van der Waals surface area contributed by atoms with Gasteiger partial charge in [0.25, 0.3) is 5.91 Å². The fraction of sp³-hybridized carbons (Fsp3) is 0.500. The summed E-state index contributed by atoms with van der Waals surface area (Å²) in [4.78, 5) is 12.1. The number of hydrogen-bond acceptors (Lipinski definition) is 2. The summed E-state index contributed by atoms with van der Waals surface area (Å²) in [6.07, 6.45) is 2.84. The van der Waals surface area contributed by atoms with Crippen LogP contribution < -0.4 is 11.1 Å². The zero-order valence-electron chi connectivity index (χ0n) is 11.2. The first-order valence-corrected chi connectivity index (χ1v) is 6.36. The van der Waals surface area contributed by atoms with Crippen LogP contribution in [0.5, 0.6) is 0 Å². The molecule has 0 aliphatic carbocycles. The second kappa shape index (κ2) is 6.38. The number of carbonyl (C=O) groups excluding carboxylic acids is 1. The van der Waals surface area contributed by atoms with Gasteiger partial charge in [-0.2, -0.15) is 0 Å². The number of amides is 1. The highest BCUT2D eigenvalue weighted by Crippen LogP contribution is 2.17. The molecule has 0 fully saturated rings. The van der Waals surface area contributed by atoms with Crippen LogP contribution >= 0.6 is 0 Å². The second-order valence-corrected chi connectivity index (χ2v) is 4.56. The van der Waals surface area contributed by atoms with Gasteiger partial charge in [0.2, 0.25) is 0 Å². The van der Waals surface area contributed by atoms with Gasteiger partial charge in [-0.1, -0.05) is 20.3 Å². The zero-order chi connectivity index (χ0) is 13.7. The smallest absolute Gasteiger partial charge is 0.251 e. The molecule has 1 unspecified atom stereocenters. The number of halogens is 1. The Balaban J connectivity index is 2.87. The first-order valence-electron chi connectivity index (χ1n) is 6.36. The van der Waals surface area contributed by atoms with Gasteiger partial charge in [0.15, 0.2) is 0 Å². The van der Waals surface area contributed by atoms with E-state index in [-0.39, 0.29) is 17.6 Å². The van der Waals surface area contributed by atoms with Crippen LogP contribution in [0.2, 0.25) is 0 Å². The summed E-state index contributed by atoms with van der Waals surface area (Å²) in [6.45, 7) is 5.82. The Morgan fingerprint density at radius 2 is 2.11 bits per heavy atom. The number of nitrogen functional groups attached to an aromatic ring is 1. The number of nitrogens with two attached hydrogens (primary N) is 1. The molecule has 0 aliphatic heterocycles. The molecule has 0 aliphatic rings. The van der Waals surface area contributed by atoms with Crippen LogP contribution in [0, 0.1) is 12.7 Å². The first-order chi connectivity index (χ1) is 8.49. The second-order valence-electron chi connectivity index (χ2n) is 4.56. The molecule has 0 aromatic heterocycles. The highest BCUT2D eigenvalue weighted by molar-refractivity contribution is 5.96. The van der Waals surface area contributed by atoms with Crippen LogP contribution in [-0.4, -0.2) is 11.9 Å². The molecule has 100 valence electrons. The number of aryl methyl sites for hydroxylation is 1. The minimum Gasteiger partial charge on any atom is -0.396 e. The summed E-state index contributed by atoms with van der Waals surface area (Å²) < 4.78 is 13.2. The van der Waals surface area contributed by atoms with E-state index < -0.39 is 5.82 Å². The molecule has 1 aromatic carbocycles. The molecule has 0 spiro atoms. The zero-order valence-corrected chi connectivity index (χ0v) is 11.2. The lowest BCUT2D eigenvalue weighted by Gasteiger charge is -2.17. The number of anilines is 1. The molecule has 0 heterocycles. The summed E-state index contributed by atoms with van der Waals surface area (Å²) in [5.74, 6) is -0.663. The molecule has 18 heavy (non-hydrogen) atoms. The Morgan fingerprint density at radius 3 is 2.67 bits per heavy atom. The van der Waals surface area contributed by atoms with Crippen LogP contribution in [-0.2, 0) is 0 Å². The van der Waals surface area contributed by atoms with Crippen molar-refractivity contribution in [3.05, 3.63) is 29.1 Å². The molecule has 3 nitrogen and oxygen atoms in total. The Hall–Kier alpha value is -1.58. The Morgan fingerprint density at radius 1 is 1.44 bits per heavy atom. The number of hydrogen-bond donors (Lipinski definition) is 2. The van der Waals surface area contributed by atoms with Gasteiger partial charge in [-0.05, 0) is 37.5 Å². The molecule has 3 N–H and O–H groups in total. The van der Waals surface area contributed by atoms with Crippen LogP contribution in [0.1, 0.15) is 49.0 Å². The van der Waals surface area contributed by atoms with Crippen molar-refractivity contribution >= 4 is 11.6 Å². The van der Waals surface area contributed by atoms with Crippen molar-refractivity contribution in [3.63, 3.8) is 0 Å². The number of nitrogens with one attached hydrogen (secondary N) is 1. The first kappa shape index (κ1) is 14.5. The van der Waals surface area contributed by atoms with Crippen molar-refractivity contribution in [2.75, 3.05) is 5.73 Å². The molecular weight excluding hydrogens is 231 g/mol. The highest BCUT2D eigenvalue weighted by atomic mass is 19.1. The third-order valence-electron chi connectivity index (χ3n) is 3.05. The molecule has 0 saturated carbocycles. The lowest BCUT2D eigenvalue weighted by molar-refractivity contribution is 0.0933. The molecule has 4 heteroatoms. The van der Waals surface area contributed by atoms with E-state index in [4.69, 9.17) is 5.73 Å². The van der Waals surface area contributed by atoms with Crippen molar-refractivity contribution in [1.29, 1.82) is 0 Å². The van der Waals surface area contributed by atoms with E-state index in [0.29, 0.717) is 11.1 Å². The lowest BCUT2D eigenvalue weighted by Crippen LogP contribution is -2.34. The topological polar surface area (TPSA) is 55.1 Å². The Labute approximate surface area is 108 Å². The lowest BCUT2D eigenvalue weighted by atomic mass is 10.0. The van der Waals surface area contributed by atoms with Gasteiger partial charge in [-0.3, -0.25) is 4.79 Å². The molecule has 1 aromatic rings. The average molecular weight is 252 g/mol. The van der Waals surface area contributed by atoms with Gasteiger partial charge in [-0.25, -0.2) is 4.39 Å². The van der Waals surface area contributed by atoms with Gasteiger partial charge in [0.05, 0.1) is 5.69 Å². The maximum atomic E-state index is 13.2. The van der Waals surface area contributed by atoms with E-state index in [1.54, 1.807) is 6.92 Å². The quantitative estimate of drug-likeness (QED) is 0.791. The van der Waals surface area contributed by atoms with Gasteiger partial charge < -0.3 is 11.1 Å². The number of benzene rings is 1. The summed E-state index contributed by atoms with van der Waals surface area (Å²) in [7, 11) is 0. The minimum absolute atomic E-state index is 0.00860. The van der Waals surface area contributed by atoms with Crippen molar-refractivity contribution < 1.29 is 9.18 Å². The largest absolute Gasteiger partial charge is 0.396 e. The van der Waals surface area contributed by atoms with E-state index in [2.05, 4.69) is 12.2 Å². The van der Waals surface area contributed by atoms with Crippen molar-refractivity contribution in [2.24, 2.45) is 0 Å². The van der Waals surface area contributed by atoms with E-state index in [9.17, 15) is 9.18 Å². The van der Waals surface area contributed by atoms with Crippen LogP contribution in [0.3, 0.4) is 0 Å². The third-order valence-corrected chi connectivity index (χ3v) is 3.05. The summed E-state index contributed by atoms with van der Waals surface area (Å²) in [6, 6.07) is 2.86. The van der Waals surface area contributed by atoms with Crippen molar-refractivity contribution in [3.8, 4) is 0 Å². The molecule has 0 bridgehead atoms. The minimum atomic E-state index is -0.482. The van der Waals surface area contributed by atoms with Crippen molar-refractivity contribution in [1.82, 2.24) is 5.32 Å². The predicted octanol–water partition coefficient (Wildman–Crippen LogP) is 3.02. The fourth-order valence-electron chi connectivity index (χ4n) is 1.92. The standard InChI is InChI=1S/C14H21FN2O/c1-4-6-10(5-2)17-14(18)11-8-13(16)12(15)7-9(11)3/h7-8,10H,4-6,16H2,1-3H3,(H,17,18). The van der Waals surface area contributed by atoms with E-state index in [0.717, 1.165) is 19.3 Å². The Bertz CT molecular complexity index is 432. The van der Waals surface area contributed by atoms with E-state index >= 15 is 0 Å². The number of carbonyl (C=O) groups is 1. The van der Waals surface area contributed by atoms with Crippen molar-refractivity contribution in [2.45, 2.75) is 46.1 Å². The van der Waals surface area contributed by atoms with Gasteiger partial charge >= 0.3 is 0 Å². The third kappa shape index (κ3) is 3.45. The van der Waals surface area contributed by atoms with E-state index in [1.165, 1.54) is 12.1 Å². The molecule has 0 radical (unpaired) electrons. The maximum Gasteiger partial charge on any atom is 0.251 e. The van der Waals surface area contributed by atoms with Gasteiger partial charge in [0.1, 0.15) is 5.82 Å².